The lowest BCUT2D eigenvalue weighted by atomic mass is 10.0. The van der Waals surface area contributed by atoms with Crippen LogP contribution in [0.25, 0.3) is 22.2 Å². The van der Waals surface area contributed by atoms with Crippen molar-refractivity contribution >= 4 is 22.9 Å². The van der Waals surface area contributed by atoms with Gasteiger partial charge in [0, 0.05) is 29.6 Å². The van der Waals surface area contributed by atoms with Crippen LogP contribution in [0.2, 0.25) is 0 Å². The quantitative estimate of drug-likeness (QED) is 0.652. The highest BCUT2D eigenvalue weighted by molar-refractivity contribution is 5.99. The standard InChI is InChI=1S/C26H30N4O3/c1-4-13-33-26(32)30-12-11-29(16-24(30)27)25(31)20-9-10-21-18(3)14-22(28-23(21)15-20)19-7-5-17(2)6-8-19/h5-10,14-15,24H,4,11-13,16,27H2,1-3H3/t24-/m0/s1. The van der Waals surface area contributed by atoms with E-state index in [0.29, 0.717) is 25.3 Å². The first-order valence-corrected chi connectivity index (χ1v) is 11.3. The predicted octanol–water partition coefficient (Wildman–Crippen LogP) is 4.11. The van der Waals surface area contributed by atoms with Gasteiger partial charge in [-0.3, -0.25) is 9.69 Å². The molecule has 4 rings (SSSR count). The molecule has 0 bridgehead atoms. The molecule has 0 radical (unpaired) electrons. The molecule has 2 aromatic carbocycles. The minimum atomic E-state index is -0.596. The van der Waals surface area contributed by atoms with Gasteiger partial charge in [0.2, 0.25) is 0 Å². The summed E-state index contributed by atoms with van der Waals surface area (Å²) in [5.74, 6) is -0.117. The van der Waals surface area contributed by atoms with Gasteiger partial charge < -0.3 is 15.4 Å². The number of aryl methyl sites for hydroxylation is 2. The van der Waals surface area contributed by atoms with Crippen LogP contribution in [0, 0.1) is 13.8 Å². The number of carbonyl (C=O) groups excluding carboxylic acids is 2. The monoisotopic (exact) mass is 446 g/mol. The van der Waals surface area contributed by atoms with Crippen molar-refractivity contribution < 1.29 is 14.3 Å². The van der Waals surface area contributed by atoms with E-state index in [0.717, 1.165) is 34.1 Å². The molecule has 1 saturated heterocycles. The molecule has 7 nitrogen and oxygen atoms in total. The summed E-state index contributed by atoms with van der Waals surface area (Å²) < 4.78 is 5.19. The summed E-state index contributed by atoms with van der Waals surface area (Å²) in [5.41, 5.74) is 11.7. The molecule has 0 unspecified atom stereocenters. The van der Waals surface area contributed by atoms with Gasteiger partial charge in [-0.2, -0.15) is 0 Å². The fourth-order valence-corrected chi connectivity index (χ4v) is 4.08. The van der Waals surface area contributed by atoms with Crippen LogP contribution >= 0.6 is 0 Å². The van der Waals surface area contributed by atoms with Crippen molar-refractivity contribution in [1.82, 2.24) is 14.8 Å². The molecule has 1 fully saturated rings. The topological polar surface area (TPSA) is 88.8 Å². The lowest BCUT2D eigenvalue weighted by molar-refractivity contribution is 0.0390. The van der Waals surface area contributed by atoms with Crippen LogP contribution in [0.15, 0.2) is 48.5 Å². The number of amides is 2. The molecule has 0 aliphatic carbocycles. The molecule has 1 aromatic heterocycles. The van der Waals surface area contributed by atoms with Crippen LogP contribution in [0.1, 0.15) is 34.8 Å². The molecular weight excluding hydrogens is 416 g/mol. The number of pyridine rings is 1. The summed E-state index contributed by atoms with van der Waals surface area (Å²) >= 11 is 0. The Hall–Kier alpha value is -3.45. The number of nitrogens with zero attached hydrogens (tertiary/aromatic N) is 3. The van der Waals surface area contributed by atoms with Crippen molar-refractivity contribution in [3.8, 4) is 11.3 Å². The lowest BCUT2D eigenvalue weighted by Gasteiger charge is -2.38. The van der Waals surface area contributed by atoms with Crippen molar-refractivity contribution in [2.75, 3.05) is 26.2 Å². The molecule has 33 heavy (non-hydrogen) atoms. The molecule has 1 aliphatic rings. The average molecular weight is 447 g/mol. The van der Waals surface area contributed by atoms with Crippen molar-refractivity contribution in [2.45, 2.75) is 33.4 Å². The van der Waals surface area contributed by atoms with Gasteiger partial charge in [0.1, 0.15) is 6.17 Å². The number of nitrogens with two attached hydrogens (primary N) is 1. The summed E-state index contributed by atoms with van der Waals surface area (Å²) in [7, 11) is 0. The Labute approximate surface area is 194 Å². The molecule has 2 amide bonds. The predicted molar refractivity (Wildman–Crippen MR) is 129 cm³/mol. The van der Waals surface area contributed by atoms with Gasteiger partial charge in [-0.05, 0) is 44.0 Å². The van der Waals surface area contributed by atoms with Crippen LogP contribution in [0.5, 0.6) is 0 Å². The first-order chi connectivity index (χ1) is 15.9. The van der Waals surface area contributed by atoms with E-state index in [1.54, 1.807) is 4.90 Å². The van der Waals surface area contributed by atoms with E-state index in [-0.39, 0.29) is 12.5 Å². The van der Waals surface area contributed by atoms with Gasteiger partial charge in [0.25, 0.3) is 5.91 Å². The van der Waals surface area contributed by atoms with E-state index in [1.807, 2.05) is 25.1 Å². The molecule has 0 saturated carbocycles. The lowest BCUT2D eigenvalue weighted by Crippen LogP contribution is -2.60. The van der Waals surface area contributed by atoms with Gasteiger partial charge in [-0.15, -0.1) is 0 Å². The Morgan fingerprint density at radius 3 is 2.55 bits per heavy atom. The first kappa shape index (κ1) is 22.7. The minimum absolute atomic E-state index is 0.117. The van der Waals surface area contributed by atoms with E-state index in [2.05, 4.69) is 44.2 Å². The zero-order valence-corrected chi connectivity index (χ0v) is 19.4. The number of hydrogen-bond acceptors (Lipinski definition) is 5. The third kappa shape index (κ3) is 4.83. The Balaban J connectivity index is 1.55. The second kappa shape index (κ2) is 9.58. The Kier molecular flexibility index (Phi) is 6.60. The van der Waals surface area contributed by atoms with Gasteiger partial charge in [0.05, 0.1) is 24.4 Å². The molecule has 1 aliphatic heterocycles. The van der Waals surface area contributed by atoms with Crippen LogP contribution in [0.3, 0.4) is 0 Å². The number of rotatable bonds is 4. The molecule has 7 heteroatoms. The highest BCUT2D eigenvalue weighted by atomic mass is 16.6. The van der Waals surface area contributed by atoms with E-state index in [9.17, 15) is 9.59 Å². The van der Waals surface area contributed by atoms with Crippen LogP contribution in [0.4, 0.5) is 4.79 Å². The van der Waals surface area contributed by atoms with Crippen LogP contribution in [-0.4, -0.2) is 59.2 Å². The van der Waals surface area contributed by atoms with Gasteiger partial charge in [0.15, 0.2) is 0 Å². The summed E-state index contributed by atoms with van der Waals surface area (Å²) in [4.78, 5) is 33.4. The summed E-state index contributed by atoms with van der Waals surface area (Å²) in [6.45, 7) is 7.42. The van der Waals surface area contributed by atoms with Crippen molar-refractivity contribution in [3.05, 3.63) is 65.2 Å². The maximum absolute atomic E-state index is 13.2. The fraction of sp³-hybridized carbons (Fsp3) is 0.346. The van der Waals surface area contributed by atoms with E-state index >= 15 is 0 Å². The third-order valence-electron chi connectivity index (χ3n) is 5.98. The largest absolute Gasteiger partial charge is 0.449 e. The Morgan fingerprint density at radius 2 is 1.85 bits per heavy atom. The Morgan fingerprint density at radius 1 is 1.09 bits per heavy atom. The summed E-state index contributed by atoms with van der Waals surface area (Å²) in [5, 5.41) is 1.02. The van der Waals surface area contributed by atoms with Crippen molar-refractivity contribution in [1.29, 1.82) is 0 Å². The molecule has 0 spiro atoms. The van der Waals surface area contributed by atoms with Gasteiger partial charge in [-0.1, -0.05) is 42.8 Å². The SMILES string of the molecule is CCCOC(=O)N1CCN(C(=O)c2ccc3c(C)cc(-c4ccc(C)cc4)nc3c2)C[C@H]1N. The number of benzene rings is 2. The molecule has 172 valence electrons. The molecule has 2 N–H and O–H groups in total. The normalized spacial score (nSPS) is 16.2. The highest BCUT2D eigenvalue weighted by Crippen LogP contribution is 2.26. The second-order valence-corrected chi connectivity index (χ2v) is 8.55. The van der Waals surface area contributed by atoms with Crippen LogP contribution in [-0.2, 0) is 4.74 Å². The van der Waals surface area contributed by atoms with Gasteiger partial charge >= 0.3 is 6.09 Å². The third-order valence-corrected chi connectivity index (χ3v) is 5.98. The number of piperazine rings is 1. The second-order valence-electron chi connectivity index (χ2n) is 8.55. The summed E-state index contributed by atoms with van der Waals surface area (Å²) in [6, 6.07) is 15.9. The van der Waals surface area contributed by atoms with Crippen molar-refractivity contribution in [2.24, 2.45) is 5.73 Å². The number of hydrogen-bond donors (Lipinski definition) is 1. The Bertz CT molecular complexity index is 1180. The first-order valence-electron chi connectivity index (χ1n) is 11.3. The number of fused-ring (bicyclic) bond motifs is 1. The van der Waals surface area contributed by atoms with Gasteiger partial charge in [-0.25, -0.2) is 9.78 Å². The molecule has 1 atom stereocenters. The summed E-state index contributed by atoms with van der Waals surface area (Å²) in [6.07, 6.45) is -0.271. The number of aromatic nitrogens is 1. The van der Waals surface area contributed by atoms with E-state index in [4.69, 9.17) is 15.5 Å². The van der Waals surface area contributed by atoms with Crippen molar-refractivity contribution in [3.63, 3.8) is 0 Å². The average Bonchev–Trinajstić information content (AvgIpc) is 2.82. The fourth-order valence-electron chi connectivity index (χ4n) is 4.08. The highest BCUT2D eigenvalue weighted by Gasteiger charge is 2.31. The molecule has 2 heterocycles. The smallest absolute Gasteiger partial charge is 0.411 e. The molecule has 3 aromatic rings. The van der Waals surface area contributed by atoms with Crippen LogP contribution < -0.4 is 5.73 Å². The zero-order valence-electron chi connectivity index (χ0n) is 19.4. The van der Waals surface area contributed by atoms with E-state index in [1.165, 1.54) is 10.5 Å². The number of carbonyl (C=O) groups is 2. The zero-order chi connectivity index (χ0) is 23.5. The van der Waals surface area contributed by atoms with E-state index < -0.39 is 12.3 Å². The molecular formula is C26H30N4O3. The minimum Gasteiger partial charge on any atom is -0.449 e. The maximum atomic E-state index is 13.2. The maximum Gasteiger partial charge on any atom is 0.411 e. The number of ether oxygens (including phenoxy) is 1.